The maximum atomic E-state index is 13.3. The van der Waals surface area contributed by atoms with Crippen LogP contribution in [0, 0.1) is 0 Å². The molecular formula is C22H25ClN2O4. The molecule has 1 N–H and O–H groups in total. The van der Waals surface area contributed by atoms with Crippen molar-refractivity contribution in [3.8, 4) is 11.5 Å². The van der Waals surface area contributed by atoms with Gasteiger partial charge < -0.3 is 24.4 Å². The lowest BCUT2D eigenvalue weighted by atomic mass is 10.0. The Kier molecular flexibility index (Phi) is 5.83. The number of nitrogens with one attached hydrogen (secondary N) is 1. The van der Waals surface area contributed by atoms with Crippen molar-refractivity contribution in [3.63, 3.8) is 0 Å². The van der Waals surface area contributed by atoms with Gasteiger partial charge in [0.25, 0.3) is 5.91 Å². The number of nitrogens with zero attached hydrogens (tertiary/aromatic N) is 1. The van der Waals surface area contributed by atoms with Gasteiger partial charge in [0.15, 0.2) is 11.5 Å². The molecule has 2 heterocycles. The number of para-hydroxylation sites is 1. The minimum absolute atomic E-state index is 0.0234. The third-order valence-electron chi connectivity index (χ3n) is 5.30. The Morgan fingerprint density at radius 2 is 2.14 bits per heavy atom. The first-order valence-corrected chi connectivity index (χ1v) is 10.3. The molecule has 154 valence electrons. The molecule has 7 heteroatoms. The fourth-order valence-electron chi connectivity index (χ4n) is 3.96. The zero-order valence-corrected chi connectivity index (χ0v) is 17.4. The summed E-state index contributed by atoms with van der Waals surface area (Å²) in [7, 11) is 1.56. The molecule has 1 amide bonds. The van der Waals surface area contributed by atoms with Gasteiger partial charge in [0.1, 0.15) is 6.17 Å². The summed E-state index contributed by atoms with van der Waals surface area (Å²) in [5.41, 5.74) is 2.29. The lowest BCUT2D eigenvalue weighted by Gasteiger charge is -2.39. The van der Waals surface area contributed by atoms with Gasteiger partial charge in [-0.3, -0.25) is 4.79 Å². The van der Waals surface area contributed by atoms with Gasteiger partial charge in [0.05, 0.1) is 30.4 Å². The van der Waals surface area contributed by atoms with E-state index >= 15 is 0 Å². The van der Waals surface area contributed by atoms with Gasteiger partial charge in [-0.05, 0) is 44.0 Å². The second kappa shape index (κ2) is 8.51. The molecule has 0 saturated carbocycles. The number of ether oxygens (including phenoxy) is 3. The van der Waals surface area contributed by atoms with E-state index in [0.717, 1.165) is 30.7 Å². The molecule has 2 aliphatic rings. The van der Waals surface area contributed by atoms with Crippen LogP contribution < -0.4 is 14.8 Å². The molecule has 2 aromatic carbocycles. The maximum Gasteiger partial charge on any atom is 0.257 e. The van der Waals surface area contributed by atoms with E-state index in [-0.39, 0.29) is 18.2 Å². The highest BCUT2D eigenvalue weighted by Gasteiger charge is 2.36. The summed E-state index contributed by atoms with van der Waals surface area (Å²) in [5.74, 6) is 1.03. The van der Waals surface area contributed by atoms with Crippen molar-refractivity contribution in [1.82, 2.24) is 4.90 Å². The average Bonchev–Trinajstić information content (AvgIpc) is 3.23. The Morgan fingerprint density at radius 1 is 1.31 bits per heavy atom. The lowest BCUT2D eigenvalue weighted by molar-refractivity contribution is 0.0426. The zero-order valence-electron chi connectivity index (χ0n) is 16.6. The van der Waals surface area contributed by atoms with Crippen molar-refractivity contribution < 1.29 is 19.0 Å². The molecule has 0 bridgehead atoms. The van der Waals surface area contributed by atoms with Crippen molar-refractivity contribution in [2.24, 2.45) is 0 Å². The first kappa shape index (κ1) is 19.9. The van der Waals surface area contributed by atoms with Crippen molar-refractivity contribution in [2.45, 2.75) is 32.0 Å². The topological polar surface area (TPSA) is 60.0 Å². The van der Waals surface area contributed by atoms with E-state index in [1.165, 1.54) is 0 Å². The Labute approximate surface area is 175 Å². The molecular weight excluding hydrogens is 392 g/mol. The number of rotatable bonds is 6. The van der Waals surface area contributed by atoms with Gasteiger partial charge in [0.2, 0.25) is 0 Å². The highest BCUT2D eigenvalue weighted by molar-refractivity contribution is 6.32. The van der Waals surface area contributed by atoms with E-state index in [4.69, 9.17) is 25.8 Å². The van der Waals surface area contributed by atoms with Crippen LogP contribution in [0.4, 0.5) is 5.69 Å². The summed E-state index contributed by atoms with van der Waals surface area (Å²) >= 11 is 6.48. The molecule has 2 atom stereocenters. The number of amides is 1. The molecule has 2 unspecified atom stereocenters. The minimum Gasteiger partial charge on any atom is -0.491 e. The van der Waals surface area contributed by atoms with Gasteiger partial charge in [0, 0.05) is 24.4 Å². The smallest absolute Gasteiger partial charge is 0.257 e. The number of carbonyl (C=O) groups is 1. The van der Waals surface area contributed by atoms with Crippen molar-refractivity contribution >= 4 is 23.2 Å². The van der Waals surface area contributed by atoms with Crippen LogP contribution in [0.2, 0.25) is 5.02 Å². The van der Waals surface area contributed by atoms with E-state index in [1.54, 1.807) is 7.11 Å². The molecule has 4 rings (SSSR count). The average molecular weight is 417 g/mol. The highest BCUT2D eigenvalue weighted by atomic mass is 35.5. The van der Waals surface area contributed by atoms with Crippen LogP contribution in [0.1, 0.15) is 41.9 Å². The third-order valence-corrected chi connectivity index (χ3v) is 5.58. The molecule has 6 nitrogen and oxygen atoms in total. The fraction of sp³-hybridized carbons (Fsp3) is 0.409. The summed E-state index contributed by atoms with van der Waals surface area (Å²) in [6, 6.07) is 11.3. The van der Waals surface area contributed by atoms with Gasteiger partial charge in [-0.25, -0.2) is 0 Å². The fourth-order valence-corrected chi connectivity index (χ4v) is 4.26. The number of fused-ring (bicyclic) bond motifs is 1. The minimum atomic E-state index is -0.385. The number of carbonyl (C=O) groups excluding carboxylic acids is 1. The number of anilines is 1. The van der Waals surface area contributed by atoms with Gasteiger partial charge in [-0.1, -0.05) is 23.7 Å². The van der Waals surface area contributed by atoms with E-state index in [9.17, 15) is 4.79 Å². The second-order valence-corrected chi connectivity index (χ2v) is 7.56. The number of methoxy groups -OCH3 is 1. The number of hydrogen-bond acceptors (Lipinski definition) is 5. The van der Waals surface area contributed by atoms with Crippen LogP contribution in [0.15, 0.2) is 36.4 Å². The van der Waals surface area contributed by atoms with Crippen LogP contribution in [-0.2, 0) is 4.74 Å². The van der Waals surface area contributed by atoms with Crippen LogP contribution >= 0.6 is 11.6 Å². The predicted molar refractivity (Wildman–Crippen MR) is 112 cm³/mol. The number of benzene rings is 2. The number of halogens is 1. The molecule has 0 radical (unpaired) electrons. The molecule has 0 aromatic heterocycles. The first-order valence-electron chi connectivity index (χ1n) is 9.90. The van der Waals surface area contributed by atoms with Gasteiger partial charge in [-0.2, -0.15) is 0 Å². The summed E-state index contributed by atoms with van der Waals surface area (Å²) in [6.45, 7) is 3.64. The van der Waals surface area contributed by atoms with Crippen LogP contribution in [0.25, 0.3) is 0 Å². The molecule has 29 heavy (non-hydrogen) atoms. The largest absolute Gasteiger partial charge is 0.491 e. The van der Waals surface area contributed by atoms with E-state index in [2.05, 4.69) is 5.32 Å². The SMILES string of the molecule is CCOc1cc(C2Nc3ccccc3C(=O)N2CC2CCCO2)cc(Cl)c1OC. The molecule has 2 aromatic rings. The predicted octanol–water partition coefficient (Wildman–Crippen LogP) is 4.49. The van der Waals surface area contributed by atoms with E-state index < -0.39 is 0 Å². The highest BCUT2D eigenvalue weighted by Crippen LogP contribution is 2.41. The summed E-state index contributed by atoms with van der Waals surface area (Å²) < 4.78 is 17.0. The standard InChI is InChI=1S/C22H25ClN2O4/c1-3-28-19-12-14(11-17(23)20(19)27-2)21-24-18-9-5-4-8-16(18)22(26)25(21)13-15-7-6-10-29-15/h4-5,8-9,11-12,15,21,24H,3,6-7,10,13H2,1-2H3. The summed E-state index contributed by atoms with van der Waals surface area (Å²) in [4.78, 5) is 15.2. The van der Waals surface area contributed by atoms with Gasteiger partial charge >= 0.3 is 0 Å². The Morgan fingerprint density at radius 3 is 2.86 bits per heavy atom. The molecule has 0 spiro atoms. The summed E-state index contributed by atoms with van der Waals surface area (Å²) in [6.07, 6.45) is 1.62. The van der Waals surface area contributed by atoms with E-state index in [0.29, 0.717) is 35.2 Å². The summed E-state index contributed by atoms with van der Waals surface area (Å²) in [5, 5.41) is 3.94. The maximum absolute atomic E-state index is 13.3. The van der Waals surface area contributed by atoms with Crippen LogP contribution in [0.3, 0.4) is 0 Å². The first-order chi connectivity index (χ1) is 14.1. The van der Waals surface area contributed by atoms with E-state index in [1.807, 2.05) is 48.2 Å². The van der Waals surface area contributed by atoms with Gasteiger partial charge in [-0.15, -0.1) is 0 Å². The van der Waals surface area contributed by atoms with Crippen molar-refractivity contribution in [3.05, 3.63) is 52.5 Å². The zero-order chi connectivity index (χ0) is 20.4. The Hall–Kier alpha value is -2.44. The molecule has 1 fully saturated rings. The van der Waals surface area contributed by atoms with Crippen molar-refractivity contribution in [1.29, 1.82) is 0 Å². The normalized spacial score (nSPS) is 20.9. The van der Waals surface area contributed by atoms with Crippen LogP contribution in [-0.4, -0.2) is 43.8 Å². The quantitative estimate of drug-likeness (QED) is 0.751. The monoisotopic (exact) mass is 416 g/mol. The Bertz CT molecular complexity index is 898. The molecule has 1 saturated heterocycles. The Balaban J connectivity index is 1.75. The lowest BCUT2D eigenvalue weighted by Crippen LogP contribution is -2.46. The second-order valence-electron chi connectivity index (χ2n) is 7.15. The third kappa shape index (κ3) is 3.87. The van der Waals surface area contributed by atoms with Crippen molar-refractivity contribution in [2.75, 3.05) is 32.2 Å². The number of hydrogen-bond donors (Lipinski definition) is 1. The molecule has 0 aliphatic carbocycles. The molecule has 2 aliphatic heterocycles. The van der Waals surface area contributed by atoms with Crippen LogP contribution in [0.5, 0.6) is 11.5 Å².